The SMILES string of the molecule is COc1ccc(CI)c(C(=O)O)c1. The van der Waals surface area contributed by atoms with Gasteiger partial charge >= 0.3 is 5.97 Å². The summed E-state index contributed by atoms with van der Waals surface area (Å²) in [6.45, 7) is 0. The third kappa shape index (κ3) is 2.33. The van der Waals surface area contributed by atoms with E-state index in [9.17, 15) is 4.79 Å². The van der Waals surface area contributed by atoms with Gasteiger partial charge in [0.05, 0.1) is 12.7 Å². The molecule has 0 radical (unpaired) electrons. The minimum Gasteiger partial charge on any atom is -0.497 e. The molecule has 70 valence electrons. The van der Waals surface area contributed by atoms with E-state index in [1.807, 2.05) is 0 Å². The summed E-state index contributed by atoms with van der Waals surface area (Å²) in [5.74, 6) is -0.337. The molecule has 13 heavy (non-hydrogen) atoms. The molecular formula is C9H9IO3. The number of rotatable bonds is 3. The van der Waals surface area contributed by atoms with E-state index in [-0.39, 0.29) is 0 Å². The van der Waals surface area contributed by atoms with E-state index in [0.29, 0.717) is 15.7 Å². The molecule has 0 atom stereocenters. The van der Waals surface area contributed by atoms with Crippen LogP contribution >= 0.6 is 22.6 Å². The summed E-state index contributed by atoms with van der Waals surface area (Å²) < 4.78 is 5.62. The largest absolute Gasteiger partial charge is 0.497 e. The fourth-order valence-electron chi connectivity index (χ4n) is 0.998. The molecule has 0 saturated carbocycles. The molecule has 0 amide bonds. The molecule has 0 heterocycles. The second-order valence-electron chi connectivity index (χ2n) is 2.46. The maximum atomic E-state index is 10.8. The summed E-state index contributed by atoms with van der Waals surface area (Å²) in [6.07, 6.45) is 0. The van der Waals surface area contributed by atoms with Crippen molar-refractivity contribution in [1.82, 2.24) is 0 Å². The number of carbonyl (C=O) groups is 1. The maximum Gasteiger partial charge on any atom is 0.336 e. The molecule has 1 N–H and O–H groups in total. The molecule has 1 aromatic rings. The molecule has 3 nitrogen and oxygen atoms in total. The van der Waals surface area contributed by atoms with Crippen LogP contribution in [0, 0.1) is 0 Å². The van der Waals surface area contributed by atoms with Crippen molar-refractivity contribution in [3.8, 4) is 5.75 Å². The van der Waals surface area contributed by atoms with Crippen LogP contribution in [0.15, 0.2) is 18.2 Å². The molecule has 0 aliphatic heterocycles. The van der Waals surface area contributed by atoms with Crippen molar-refractivity contribution in [2.24, 2.45) is 0 Å². The number of halogens is 1. The van der Waals surface area contributed by atoms with Gasteiger partial charge in [-0.1, -0.05) is 28.7 Å². The Hall–Kier alpha value is -0.780. The monoisotopic (exact) mass is 292 g/mol. The molecule has 0 bridgehead atoms. The molecule has 1 aromatic carbocycles. The first-order chi connectivity index (χ1) is 6.19. The number of hydrogen-bond donors (Lipinski definition) is 1. The van der Waals surface area contributed by atoms with Crippen LogP contribution in [0.4, 0.5) is 0 Å². The summed E-state index contributed by atoms with van der Waals surface area (Å²) in [6, 6.07) is 5.07. The summed E-state index contributed by atoms with van der Waals surface area (Å²) in [4.78, 5) is 10.8. The van der Waals surface area contributed by atoms with Crippen LogP contribution in [-0.4, -0.2) is 18.2 Å². The van der Waals surface area contributed by atoms with Crippen LogP contribution in [0.1, 0.15) is 15.9 Å². The van der Waals surface area contributed by atoms with Crippen molar-refractivity contribution in [1.29, 1.82) is 0 Å². The fraction of sp³-hybridized carbons (Fsp3) is 0.222. The Kier molecular flexibility index (Phi) is 3.53. The maximum absolute atomic E-state index is 10.8. The second kappa shape index (κ2) is 4.45. The lowest BCUT2D eigenvalue weighted by atomic mass is 10.1. The zero-order chi connectivity index (χ0) is 9.84. The number of hydrogen-bond acceptors (Lipinski definition) is 2. The molecule has 0 spiro atoms. The highest BCUT2D eigenvalue weighted by atomic mass is 127. The van der Waals surface area contributed by atoms with Crippen molar-refractivity contribution < 1.29 is 14.6 Å². The van der Waals surface area contributed by atoms with Gasteiger partial charge in [0.15, 0.2) is 0 Å². The van der Waals surface area contributed by atoms with Crippen LogP contribution in [0.5, 0.6) is 5.75 Å². The number of carboxylic acid groups (broad SMARTS) is 1. The van der Waals surface area contributed by atoms with E-state index in [2.05, 4.69) is 22.6 Å². The van der Waals surface area contributed by atoms with Gasteiger partial charge in [0.2, 0.25) is 0 Å². The van der Waals surface area contributed by atoms with Gasteiger partial charge in [0.25, 0.3) is 0 Å². The van der Waals surface area contributed by atoms with Gasteiger partial charge in [-0.3, -0.25) is 0 Å². The smallest absolute Gasteiger partial charge is 0.336 e. The molecule has 0 saturated heterocycles. The topological polar surface area (TPSA) is 46.5 Å². The normalized spacial score (nSPS) is 9.69. The predicted octanol–water partition coefficient (Wildman–Crippen LogP) is 2.33. The molecule has 0 aliphatic rings. The minimum absolute atomic E-state index is 0.314. The molecule has 4 heteroatoms. The summed E-state index contributed by atoms with van der Waals surface area (Å²) in [7, 11) is 1.52. The van der Waals surface area contributed by atoms with Gasteiger partial charge in [0, 0.05) is 4.43 Å². The van der Waals surface area contributed by atoms with Crippen molar-refractivity contribution in [2.75, 3.05) is 7.11 Å². The molecule has 0 aromatic heterocycles. The first kappa shape index (κ1) is 10.3. The Labute approximate surface area is 89.9 Å². The molecule has 0 aliphatic carbocycles. The van der Waals surface area contributed by atoms with Gasteiger partial charge in [-0.15, -0.1) is 0 Å². The number of benzene rings is 1. The van der Waals surface area contributed by atoms with Crippen molar-refractivity contribution >= 4 is 28.6 Å². The van der Waals surface area contributed by atoms with E-state index in [1.54, 1.807) is 12.1 Å². The Balaban J connectivity index is 3.18. The Bertz CT molecular complexity index is 323. The zero-order valence-electron chi connectivity index (χ0n) is 7.08. The standard InChI is InChI=1S/C9H9IO3/c1-13-7-3-2-6(5-10)8(4-7)9(11)12/h2-4H,5H2,1H3,(H,11,12). The highest BCUT2D eigenvalue weighted by Gasteiger charge is 2.09. The lowest BCUT2D eigenvalue weighted by Gasteiger charge is -2.05. The van der Waals surface area contributed by atoms with E-state index >= 15 is 0 Å². The highest BCUT2D eigenvalue weighted by molar-refractivity contribution is 14.1. The van der Waals surface area contributed by atoms with E-state index in [1.165, 1.54) is 13.2 Å². The third-order valence-corrected chi connectivity index (χ3v) is 2.51. The van der Waals surface area contributed by atoms with Gasteiger partial charge < -0.3 is 9.84 Å². The number of ether oxygens (including phenoxy) is 1. The first-order valence-electron chi connectivity index (χ1n) is 3.65. The van der Waals surface area contributed by atoms with Crippen LogP contribution < -0.4 is 4.74 Å². The lowest BCUT2D eigenvalue weighted by Crippen LogP contribution is -2.01. The summed E-state index contributed by atoms with van der Waals surface area (Å²) >= 11 is 2.13. The molecule has 0 unspecified atom stereocenters. The van der Waals surface area contributed by atoms with Gasteiger partial charge in [-0.25, -0.2) is 4.79 Å². The van der Waals surface area contributed by atoms with Crippen LogP contribution in [0.2, 0.25) is 0 Å². The predicted molar refractivity (Wildman–Crippen MR) is 57.7 cm³/mol. The molecule has 0 fully saturated rings. The van der Waals surface area contributed by atoms with E-state index < -0.39 is 5.97 Å². The number of aromatic carboxylic acids is 1. The Morgan fingerprint density at radius 1 is 1.62 bits per heavy atom. The van der Waals surface area contributed by atoms with Crippen LogP contribution in [0.25, 0.3) is 0 Å². The molecule has 1 rings (SSSR count). The summed E-state index contributed by atoms with van der Waals surface area (Å²) in [5, 5.41) is 8.86. The third-order valence-electron chi connectivity index (χ3n) is 1.69. The van der Waals surface area contributed by atoms with Gasteiger partial charge in [-0.05, 0) is 17.7 Å². The van der Waals surface area contributed by atoms with E-state index in [0.717, 1.165) is 5.56 Å². The van der Waals surface area contributed by atoms with Crippen LogP contribution in [-0.2, 0) is 4.43 Å². The zero-order valence-corrected chi connectivity index (χ0v) is 9.24. The first-order valence-corrected chi connectivity index (χ1v) is 5.17. The Morgan fingerprint density at radius 2 is 2.31 bits per heavy atom. The molecular weight excluding hydrogens is 283 g/mol. The van der Waals surface area contributed by atoms with Crippen molar-refractivity contribution in [2.45, 2.75) is 4.43 Å². The van der Waals surface area contributed by atoms with Crippen LogP contribution in [0.3, 0.4) is 0 Å². The highest BCUT2D eigenvalue weighted by Crippen LogP contribution is 2.19. The number of methoxy groups -OCH3 is 1. The minimum atomic E-state index is -0.912. The van der Waals surface area contributed by atoms with Crippen molar-refractivity contribution in [3.63, 3.8) is 0 Å². The fourth-order valence-corrected chi connectivity index (χ4v) is 1.66. The summed E-state index contributed by atoms with van der Waals surface area (Å²) in [5.41, 5.74) is 1.13. The van der Waals surface area contributed by atoms with Gasteiger partial charge in [-0.2, -0.15) is 0 Å². The van der Waals surface area contributed by atoms with E-state index in [4.69, 9.17) is 9.84 Å². The quantitative estimate of drug-likeness (QED) is 0.687. The second-order valence-corrected chi connectivity index (χ2v) is 3.22. The average Bonchev–Trinajstić information content (AvgIpc) is 2.16. The Morgan fingerprint density at radius 3 is 2.77 bits per heavy atom. The number of carboxylic acids is 1. The van der Waals surface area contributed by atoms with Crippen molar-refractivity contribution in [3.05, 3.63) is 29.3 Å². The average molecular weight is 292 g/mol. The van der Waals surface area contributed by atoms with Gasteiger partial charge in [0.1, 0.15) is 5.75 Å². The number of alkyl halides is 1. The lowest BCUT2D eigenvalue weighted by molar-refractivity contribution is 0.0695.